The van der Waals surface area contributed by atoms with E-state index < -0.39 is 0 Å². The van der Waals surface area contributed by atoms with Crippen LogP contribution in [0.3, 0.4) is 0 Å². The molecule has 0 bridgehead atoms. The molecule has 100 valence electrons. The van der Waals surface area contributed by atoms with Crippen molar-refractivity contribution in [3.63, 3.8) is 0 Å². The van der Waals surface area contributed by atoms with Gasteiger partial charge < -0.3 is 4.90 Å². The van der Waals surface area contributed by atoms with Crippen molar-refractivity contribution < 1.29 is 4.39 Å². The van der Waals surface area contributed by atoms with Crippen LogP contribution < -0.4 is 4.90 Å². The molecule has 1 aliphatic heterocycles. The van der Waals surface area contributed by atoms with Crippen LogP contribution in [0.25, 0.3) is 11.3 Å². The minimum Gasteiger partial charge on any atom is -0.346 e. The van der Waals surface area contributed by atoms with Crippen LogP contribution in [-0.2, 0) is 0 Å². The van der Waals surface area contributed by atoms with E-state index in [0.29, 0.717) is 0 Å². The van der Waals surface area contributed by atoms with Crippen LogP contribution >= 0.6 is 23.1 Å². The Hall–Kier alpha value is -1.07. The zero-order valence-corrected chi connectivity index (χ0v) is 12.4. The number of rotatable bonds is 2. The van der Waals surface area contributed by atoms with Gasteiger partial charge in [0.15, 0.2) is 5.13 Å². The minimum absolute atomic E-state index is 0.204. The molecule has 0 saturated carbocycles. The van der Waals surface area contributed by atoms with Crippen LogP contribution in [0.15, 0.2) is 24.3 Å². The number of benzene rings is 1. The second kappa shape index (κ2) is 5.51. The second-order valence-corrected chi connectivity index (χ2v) is 6.91. The van der Waals surface area contributed by atoms with Gasteiger partial charge in [-0.15, -0.1) is 11.3 Å². The first kappa shape index (κ1) is 12.9. The molecule has 1 aromatic carbocycles. The Morgan fingerprint density at radius 2 is 1.84 bits per heavy atom. The third-order valence-corrected chi connectivity index (χ3v) is 5.16. The van der Waals surface area contributed by atoms with Crippen molar-refractivity contribution in [2.75, 3.05) is 29.5 Å². The van der Waals surface area contributed by atoms with Crippen molar-refractivity contribution in [2.45, 2.75) is 6.92 Å². The predicted molar refractivity (Wildman–Crippen MR) is 81.8 cm³/mol. The smallest absolute Gasteiger partial charge is 0.186 e. The highest BCUT2D eigenvalue weighted by atomic mass is 32.2. The Balaban J connectivity index is 1.90. The van der Waals surface area contributed by atoms with E-state index in [-0.39, 0.29) is 5.82 Å². The molecule has 19 heavy (non-hydrogen) atoms. The lowest BCUT2D eigenvalue weighted by molar-refractivity contribution is 0.628. The molecular formula is C14H15FN2S2. The number of halogens is 1. The average molecular weight is 294 g/mol. The summed E-state index contributed by atoms with van der Waals surface area (Å²) in [7, 11) is 0. The van der Waals surface area contributed by atoms with Crippen LogP contribution in [0.4, 0.5) is 9.52 Å². The maximum absolute atomic E-state index is 13.0. The zero-order chi connectivity index (χ0) is 13.2. The van der Waals surface area contributed by atoms with Crippen molar-refractivity contribution in [2.24, 2.45) is 0 Å². The fraction of sp³-hybridized carbons (Fsp3) is 0.357. The number of nitrogens with zero attached hydrogens (tertiary/aromatic N) is 2. The van der Waals surface area contributed by atoms with Gasteiger partial charge in [0.2, 0.25) is 0 Å². The lowest BCUT2D eigenvalue weighted by atomic mass is 10.1. The Morgan fingerprint density at radius 3 is 2.53 bits per heavy atom. The van der Waals surface area contributed by atoms with Gasteiger partial charge in [-0.2, -0.15) is 11.8 Å². The minimum atomic E-state index is -0.204. The van der Waals surface area contributed by atoms with Crippen molar-refractivity contribution in [3.05, 3.63) is 35.0 Å². The zero-order valence-electron chi connectivity index (χ0n) is 10.7. The average Bonchev–Trinajstić information content (AvgIpc) is 2.83. The van der Waals surface area contributed by atoms with Gasteiger partial charge in [-0.3, -0.25) is 0 Å². The first-order valence-electron chi connectivity index (χ1n) is 6.30. The summed E-state index contributed by atoms with van der Waals surface area (Å²) < 4.78 is 13.0. The number of hydrogen-bond acceptors (Lipinski definition) is 4. The first-order valence-corrected chi connectivity index (χ1v) is 8.27. The highest BCUT2D eigenvalue weighted by Crippen LogP contribution is 2.33. The van der Waals surface area contributed by atoms with E-state index in [1.165, 1.54) is 28.5 Å². The normalized spacial score (nSPS) is 15.8. The number of thiazole rings is 1. The number of aromatic nitrogens is 1. The summed E-state index contributed by atoms with van der Waals surface area (Å²) in [4.78, 5) is 8.29. The predicted octanol–water partition coefficient (Wildman–Crippen LogP) is 3.81. The largest absolute Gasteiger partial charge is 0.346 e. The number of thioether (sulfide) groups is 1. The van der Waals surface area contributed by atoms with Crippen LogP contribution in [-0.4, -0.2) is 29.6 Å². The van der Waals surface area contributed by atoms with Gasteiger partial charge in [-0.05, 0) is 31.2 Å². The Kier molecular flexibility index (Phi) is 3.75. The summed E-state index contributed by atoms with van der Waals surface area (Å²) in [5, 5.41) is 1.09. The van der Waals surface area contributed by atoms with E-state index in [9.17, 15) is 4.39 Å². The fourth-order valence-corrected chi connectivity index (χ4v) is 4.03. The van der Waals surface area contributed by atoms with E-state index in [4.69, 9.17) is 4.98 Å². The Labute approximate surface area is 120 Å². The van der Waals surface area contributed by atoms with E-state index in [1.807, 2.05) is 11.8 Å². The molecule has 1 aromatic heterocycles. The molecule has 0 unspecified atom stereocenters. The van der Waals surface area contributed by atoms with E-state index >= 15 is 0 Å². The molecule has 1 saturated heterocycles. The highest BCUT2D eigenvalue weighted by Gasteiger charge is 2.17. The standard InChI is InChI=1S/C14H15FN2S2/c1-10-13(11-2-4-12(15)5-3-11)16-14(19-10)17-6-8-18-9-7-17/h2-5H,6-9H2,1H3. The maximum atomic E-state index is 13.0. The molecule has 0 atom stereocenters. The molecule has 3 rings (SSSR count). The van der Waals surface area contributed by atoms with Crippen molar-refractivity contribution in [3.8, 4) is 11.3 Å². The van der Waals surface area contributed by atoms with Gasteiger partial charge in [0.1, 0.15) is 5.82 Å². The van der Waals surface area contributed by atoms with Gasteiger partial charge in [0, 0.05) is 35.0 Å². The highest BCUT2D eigenvalue weighted by molar-refractivity contribution is 7.99. The molecule has 0 amide bonds. The third kappa shape index (κ3) is 2.77. The Morgan fingerprint density at radius 1 is 1.16 bits per heavy atom. The molecular weight excluding hydrogens is 279 g/mol. The summed E-state index contributed by atoms with van der Waals surface area (Å²) >= 11 is 3.73. The molecule has 5 heteroatoms. The van der Waals surface area contributed by atoms with Crippen LogP contribution in [0.1, 0.15) is 4.88 Å². The number of anilines is 1. The monoisotopic (exact) mass is 294 g/mol. The summed E-state index contributed by atoms with van der Waals surface area (Å²) in [6, 6.07) is 6.58. The van der Waals surface area contributed by atoms with E-state index in [2.05, 4.69) is 11.8 Å². The lowest BCUT2D eigenvalue weighted by Gasteiger charge is -2.25. The molecule has 2 nitrogen and oxygen atoms in total. The van der Waals surface area contributed by atoms with Crippen LogP contribution in [0, 0.1) is 12.7 Å². The molecule has 0 aliphatic carbocycles. The summed E-state index contributed by atoms with van der Waals surface area (Å²) in [6.07, 6.45) is 0. The molecule has 0 radical (unpaired) electrons. The van der Waals surface area contributed by atoms with Gasteiger partial charge >= 0.3 is 0 Å². The van der Waals surface area contributed by atoms with Crippen molar-refractivity contribution >= 4 is 28.2 Å². The van der Waals surface area contributed by atoms with Crippen molar-refractivity contribution in [1.29, 1.82) is 0 Å². The van der Waals surface area contributed by atoms with Gasteiger partial charge in [-0.25, -0.2) is 9.37 Å². The fourth-order valence-electron chi connectivity index (χ4n) is 2.15. The lowest BCUT2D eigenvalue weighted by Crippen LogP contribution is -2.32. The molecule has 2 heterocycles. The summed E-state index contributed by atoms with van der Waals surface area (Å²) in [5.41, 5.74) is 1.98. The topological polar surface area (TPSA) is 16.1 Å². The van der Waals surface area contributed by atoms with Crippen LogP contribution in [0.5, 0.6) is 0 Å². The van der Waals surface area contributed by atoms with Crippen LogP contribution in [0.2, 0.25) is 0 Å². The van der Waals surface area contributed by atoms with Gasteiger partial charge in [0.25, 0.3) is 0 Å². The van der Waals surface area contributed by atoms with Gasteiger partial charge in [-0.1, -0.05) is 0 Å². The molecule has 0 spiro atoms. The molecule has 0 N–H and O–H groups in total. The first-order chi connectivity index (χ1) is 9.24. The second-order valence-electron chi connectivity index (χ2n) is 4.51. The summed E-state index contributed by atoms with van der Waals surface area (Å²) in [5.74, 6) is 2.14. The molecule has 1 fully saturated rings. The van der Waals surface area contributed by atoms with Gasteiger partial charge in [0.05, 0.1) is 5.69 Å². The maximum Gasteiger partial charge on any atom is 0.186 e. The Bertz CT molecular complexity index is 559. The van der Waals surface area contributed by atoms with Crippen molar-refractivity contribution in [1.82, 2.24) is 4.98 Å². The van der Waals surface area contributed by atoms with E-state index in [1.54, 1.807) is 23.5 Å². The molecule has 1 aliphatic rings. The summed E-state index contributed by atoms with van der Waals surface area (Å²) in [6.45, 7) is 4.22. The third-order valence-electron chi connectivity index (χ3n) is 3.18. The SMILES string of the molecule is Cc1sc(N2CCSCC2)nc1-c1ccc(F)cc1. The number of aryl methyl sites for hydroxylation is 1. The van der Waals surface area contributed by atoms with E-state index in [0.717, 1.165) is 29.5 Å². The quantitative estimate of drug-likeness (QED) is 0.838. The molecule has 2 aromatic rings. The number of hydrogen-bond donors (Lipinski definition) is 0.